The number of aromatic nitrogens is 2. The molecule has 23 heavy (non-hydrogen) atoms. The van der Waals surface area contributed by atoms with Crippen molar-refractivity contribution in [1.29, 1.82) is 0 Å². The number of carbonyl (C=O) groups excluding carboxylic acids is 1. The minimum Gasteiger partial charge on any atom is -0.494 e. The van der Waals surface area contributed by atoms with Crippen molar-refractivity contribution in [3.05, 3.63) is 52.9 Å². The Morgan fingerprint density at radius 2 is 1.87 bits per heavy atom. The first-order valence-corrected chi connectivity index (χ1v) is 7.33. The molecule has 0 unspecified atom stereocenters. The molecule has 0 saturated heterocycles. The third-order valence-corrected chi connectivity index (χ3v) is 2.91. The maximum Gasteiger partial charge on any atom is 0.267 e. The number of benzene rings is 1. The van der Waals surface area contributed by atoms with Crippen LogP contribution in [0.2, 0.25) is 0 Å². The summed E-state index contributed by atoms with van der Waals surface area (Å²) in [5.41, 5.74) is -0.312. The monoisotopic (exact) mass is 317 g/mol. The highest BCUT2D eigenvalue weighted by molar-refractivity contribution is 5.75. The fraction of sp³-hybridized carbons (Fsp3) is 0.312. The molecule has 0 fully saturated rings. The molecule has 2 rings (SSSR count). The molecule has 0 spiro atoms. The van der Waals surface area contributed by atoms with Gasteiger partial charge in [-0.2, -0.15) is 5.10 Å². The quantitative estimate of drug-likeness (QED) is 0.730. The third-order valence-electron chi connectivity index (χ3n) is 2.91. The molecule has 0 atom stereocenters. The predicted molar refractivity (Wildman–Crippen MR) is 84.6 cm³/mol. The summed E-state index contributed by atoms with van der Waals surface area (Å²) in [6, 6.07) is 10.1. The van der Waals surface area contributed by atoms with Gasteiger partial charge in [0.2, 0.25) is 5.91 Å². The fourth-order valence-corrected chi connectivity index (χ4v) is 1.86. The number of nitrogens with one attached hydrogen (secondary N) is 1. The zero-order valence-corrected chi connectivity index (χ0v) is 12.9. The topological polar surface area (TPSA) is 82.4 Å². The molecule has 0 saturated carbocycles. The highest BCUT2D eigenvalue weighted by Gasteiger charge is 2.04. The van der Waals surface area contributed by atoms with Crippen molar-refractivity contribution in [2.75, 3.05) is 19.8 Å². The second-order valence-electron chi connectivity index (χ2n) is 4.62. The molecule has 0 radical (unpaired) electrons. The Morgan fingerprint density at radius 1 is 1.17 bits per heavy atom. The van der Waals surface area contributed by atoms with Gasteiger partial charge in [0.1, 0.15) is 24.7 Å². The lowest BCUT2D eigenvalue weighted by atomic mass is 10.3. The van der Waals surface area contributed by atoms with E-state index in [1.165, 1.54) is 18.3 Å². The van der Waals surface area contributed by atoms with Crippen LogP contribution < -0.4 is 20.3 Å². The average molecular weight is 317 g/mol. The Balaban J connectivity index is 1.69. The Kier molecular flexibility index (Phi) is 6.17. The largest absolute Gasteiger partial charge is 0.494 e. The summed E-state index contributed by atoms with van der Waals surface area (Å²) in [6.07, 6.45) is 1.46. The van der Waals surface area contributed by atoms with Gasteiger partial charge >= 0.3 is 0 Å². The SMILES string of the molecule is CCOc1ccc(OCCNC(=O)Cn2ncccc2=O)cc1. The Hall–Kier alpha value is -2.83. The first kappa shape index (κ1) is 16.5. The summed E-state index contributed by atoms with van der Waals surface area (Å²) >= 11 is 0. The van der Waals surface area contributed by atoms with E-state index < -0.39 is 0 Å². The van der Waals surface area contributed by atoms with Crippen molar-refractivity contribution >= 4 is 5.91 Å². The standard InChI is InChI=1S/C16H19N3O4/c1-2-22-13-5-7-14(8-6-13)23-11-10-17-15(20)12-19-16(21)4-3-9-18-19/h3-9H,2,10-12H2,1H3,(H,17,20). The summed E-state index contributed by atoms with van der Waals surface area (Å²) in [5.74, 6) is 1.19. The van der Waals surface area contributed by atoms with Crippen molar-refractivity contribution in [3.8, 4) is 11.5 Å². The van der Waals surface area contributed by atoms with Gasteiger partial charge in [0.25, 0.3) is 5.56 Å². The Labute approximate surface area is 133 Å². The second-order valence-corrected chi connectivity index (χ2v) is 4.62. The van der Waals surface area contributed by atoms with Crippen LogP contribution in [0.15, 0.2) is 47.4 Å². The number of rotatable bonds is 8. The van der Waals surface area contributed by atoms with E-state index in [4.69, 9.17) is 9.47 Å². The van der Waals surface area contributed by atoms with Gasteiger partial charge in [-0.05, 0) is 37.3 Å². The number of nitrogens with zero attached hydrogens (tertiary/aromatic N) is 2. The molecule has 0 bridgehead atoms. The molecule has 1 amide bonds. The molecule has 7 heteroatoms. The van der Waals surface area contributed by atoms with Crippen molar-refractivity contribution in [2.24, 2.45) is 0 Å². The van der Waals surface area contributed by atoms with Crippen LogP contribution in [0.1, 0.15) is 6.92 Å². The number of hydrogen-bond acceptors (Lipinski definition) is 5. The molecule has 1 heterocycles. The minimum atomic E-state index is -0.312. The van der Waals surface area contributed by atoms with Gasteiger partial charge in [-0.3, -0.25) is 9.59 Å². The number of amides is 1. The number of ether oxygens (including phenoxy) is 2. The van der Waals surface area contributed by atoms with Crippen LogP contribution >= 0.6 is 0 Å². The van der Waals surface area contributed by atoms with Gasteiger partial charge in [0, 0.05) is 12.3 Å². The van der Waals surface area contributed by atoms with E-state index in [2.05, 4.69) is 10.4 Å². The van der Waals surface area contributed by atoms with Gasteiger partial charge in [0.05, 0.1) is 13.2 Å². The lowest BCUT2D eigenvalue weighted by Gasteiger charge is -2.09. The Bertz CT molecular complexity index is 682. The maximum atomic E-state index is 11.7. The fourth-order valence-electron chi connectivity index (χ4n) is 1.86. The molecule has 0 aliphatic rings. The zero-order chi connectivity index (χ0) is 16.5. The van der Waals surface area contributed by atoms with E-state index in [-0.39, 0.29) is 18.0 Å². The molecule has 1 aromatic heterocycles. The van der Waals surface area contributed by atoms with Crippen LogP contribution in [-0.4, -0.2) is 35.4 Å². The molecule has 7 nitrogen and oxygen atoms in total. The molecule has 0 aliphatic heterocycles. The van der Waals surface area contributed by atoms with Crippen LogP contribution in [0.5, 0.6) is 11.5 Å². The summed E-state index contributed by atoms with van der Waals surface area (Å²) in [7, 11) is 0. The van der Waals surface area contributed by atoms with E-state index in [1.54, 1.807) is 12.1 Å². The van der Waals surface area contributed by atoms with Gasteiger partial charge in [0.15, 0.2) is 0 Å². The molecule has 1 aromatic carbocycles. The first-order chi connectivity index (χ1) is 11.2. The minimum absolute atomic E-state index is 0.108. The highest BCUT2D eigenvalue weighted by atomic mass is 16.5. The summed E-state index contributed by atoms with van der Waals surface area (Å²) in [5, 5.41) is 6.49. The van der Waals surface area contributed by atoms with Crippen LogP contribution in [0.3, 0.4) is 0 Å². The van der Waals surface area contributed by atoms with Crippen molar-refractivity contribution in [2.45, 2.75) is 13.5 Å². The number of hydrogen-bond donors (Lipinski definition) is 1. The summed E-state index contributed by atoms with van der Waals surface area (Å²) < 4.78 is 11.9. The third kappa shape index (κ3) is 5.46. The van der Waals surface area contributed by atoms with E-state index >= 15 is 0 Å². The van der Waals surface area contributed by atoms with Crippen molar-refractivity contribution < 1.29 is 14.3 Å². The van der Waals surface area contributed by atoms with Gasteiger partial charge in [-0.1, -0.05) is 0 Å². The van der Waals surface area contributed by atoms with E-state index in [0.29, 0.717) is 25.5 Å². The molecular weight excluding hydrogens is 298 g/mol. The highest BCUT2D eigenvalue weighted by Crippen LogP contribution is 2.17. The summed E-state index contributed by atoms with van der Waals surface area (Å²) in [6.45, 7) is 3.10. The normalized spacial score (nSPS) is 10.1. The molecule has 0 aliphatic carbocycles. The van der Waals surface area contributed by atoms with E-state index in [0.717, 1.165) is 10.4 Å². The lowest BCUT2D eigenvalue weighted by Crippen LogP contribution is -2.35. The summed E-state index contributed by atoms with van der Waals surface area (Å²) in [4.78, 5) is 23.1. The van der Waals surface area contributed by atoms with Crippen LogP contribution in [0.25, 0.3) is 0 Å². The zero-order valence-electron chi connectivity index (χ0n) is 12.9. The predicted octanol–water partition coefficient (Wildman–Crippen LogP) is 0.837. The molecule has 2 aromatic rings. The Morgan fingerprint density at radius 3 is 2.52 bits per heavy atom. The first-order valence-electron chi connectivity index (χ1n) is 7.33. The molecular formula is C16H19N3O4. The molecule has 1 N–H and O–H groups in total. The van der Waals surface area contributed by atoms with E-state index in [1.807, 2.05) is 19.1 Å². The molecule has 122 valence electrons. The van der Waals surface area contributed by atoms with Gasteiger partial charge < -0.3 is 14.8 Å². The van der Waals surface area contributed by atoms with Gasteiger partial charge in [-0.25, -0.2) is 4.68 Å². The van der Waals surface area contributed by atoms with Crippen LogP contribution in [0.4, 0.5) is 0 Å². The van der Waals surface area contributed by atoms with Crippen molar-refractivity contribution in [3.63, 3.8) is 0 Å². The van der Waals surface area contributed by atoms with Crippen LogP contribution in [-0.2, 0) is 11.3 Å². The van der Waals surface area contributed by atoms with Gasteiger partial charge in [-0.15, -0.1) is 0 Å². The average Bonchev–Trinajstić information content (AvgIpc) is 2.55. The maximum absolute atomic E-state index is 11.7. The smallest absolute Gasteiger partial charge is 0.267 e. The van der Waals surface area contributed by atoms with Crippen molar-refractivity contribution in [1.82, 2.24) is 15.1 Å². The lowest BCUT2D eigenvalue weighted by molar-refractivity contribution is -0.122. The number of carbonyl (C=O) groups is 1. The second kappa shape index (κ2) is 8.57. The van der Waals surface area contributed by atoms with Crippen LogP contribution in [0, 0.1) is 0 Å². The van der Waals surface area contributed by atoms with E-state index in [9.17, 15) is 9.59 Å².